The first-order chi connectivity index (χ1) is 4.04. The van der Waals surface area contributed by atoms with E-state index in [0.717, 1.165) is 6.42 Å². The van der Waals surface area contributed by atoms with Gasteiger partial charge in [-0.1, -0.05) is 20.8 Å². The first-order valence-electron chi connectivity index (χ1n) is 3.36. The van der Waals surface area contributed by atoms with Gasteiger partial charge < -0.3 is 4.89 Å². The average Bonchev–Trinajstić information content (AvgIpc) is 1.86. The van der Waals surface area contributed by atoms with Gasteiger partial charge in [0.15, 0.2) is 0 Å². The summed E-state index contributed by atoms with van der Waals surface area (Å²) in [6, 6.07) is 0. The summed E-state index contributed by atoms with van der Waals surface area (Å²) in [5, 5.41) is 0. The Morgan fingerprint density at radius 1 is 1.50 bits per heavy atom. The molecule has 2 atom stereocenters. The van der Waals surface area contributed by atoms with Crippen LogP contribution in [0.2, 0.25) is 0 Å². The van der Waals surface area contributed by atoms with E-state index in [-0.39, 0.29) is 22.7 Å². The van der Waals surface area contributed by atoms with Crippen LogP contribution in [0.1, 0.15) is 27.2 Å². The molecule has 0 saturated heterocycles. The number of rotatable bonds is 3. The van der Waals surface area contributed by atoms with Crippen molar-refractivity contribution in [2.24, 2.45) is 0 Å². The normalized spacial score (nSPS) is 18.8. The SMILES string of the molecule is CCC(C)P(=O)(O)CC.[Fe]. The zero-order valence-electron chi connectivity index (χ0n) is 6.65. The first-order valence-corrected chi connectivity index (χ1v) is 5.27. The van der Waals surface area contributed by atoms with Gasteiger partial charge in [0.05, 0.1) is 0 Å². The van der Waals surface area contributed by atoms with Crippen molar-refractivity contribution in [3.8, 4) is 0 Å². The van der Waals surface area contributed by atoms with Crippen LogP contribution in [0.25, 0.3) is 0 Å². The van der Waals surface area contributed by atoms with Gasteiger partial charge in [-0.2, -0.15) is 0 Å². The van der Waals surface area contributed by atoms with E-state index >= 15 is 0 Å². The van der Waals surface area contributed by atoms with Crippen molar-refractivity contribution in [2.45, 2.75) is 32.9 Å². The van der Waals surface area contributed by atoms with E-state index in [1.807, 2.05) is 13.8 Å². The minimum Gasteiger partial charge on any atom is -0.344 e. The molecule has 0 spiro atoms. The van der Waals surface area contributed by atoms with Crippen molar-refractivity contribution in [3.63, 3.8) is 0 Å². The van der Waals surface area contributed by atoms with Crippen molar-refractivity contribution in [2.75, 3.05) is 6.16 Å². The molecule has 0 aliphatic carbocycles. The van der Waals surface area contributed by atoms with Crippen molar-refractivity contribution in [1.82, 2.24) is 0 Å². The smallest absolute Gasteiger partial charge is 0.203 e. The van der Waals surface area contributed by atoms with Crippen LogP contribution in [-0.2, 0) is 21.6 Å². The Hall–Kier alpha value is 0.709. The zero-order valence-corrected chi connectivity index (χ0v) is 8.65. The van der Waals surface area contributed by atoms with E-state index in [2.05, 4.69) is 0 Å². The molecule has 0 saturated carbocycles. The monoisotopic (exact) mass is 206 g/mol. The molecule has 2 unspecified atom stereocenters. The summed E-state index contributed by atoms with van der Waals surface area (Å²) in [5.74, 6) is 0. The summed E-state index contributed by atoms with van der Waals surface area (Å²) in [6.07, 6.45) is 1.20. The molecular weight excluding hydrogens is 191 g/mol. The fourth-order valence-corrected chi connectivity index (χ4v) is 1.79. The van der Waals surface area contributed by atoms with Gasteiger partial charge in [0, 0.05) is 28.9 Å². The molecule has 0 fully saturated rings. The minimum absolute atomic E-state index is 0. The molecule has 4 heteroatoms. The Balaban J connectivity index is 0. The van der Waals surface area contributed by atoms with E-state index in [1.54, 1.807) is 6.92 Å². The Kier molecular flexibility index (Phi) is 7.15. The molecule has 10 heavy (non-hydrogen) atoms. The molecular formula is C6H15FeO2P. The van der Waals surface area contributed by atoms with Gasteiger partial charge in [-0.3, -0.25) is 4.57 Å². The van der Waals surface area contributed by atoms with Crippen LogP contribution >= 0.6 is 7.37 Å². The van der Waals surface area contributed by atoms with Gasteiger partial charge in [-0.15, -0.1) is 0 Å². The van der Waals surface area contributed by atoms with Crippen molar-refractivity contribution < 1.29 is 26.5 Å². The second-order valence-corrected chi connectivity index (χ2v) is 5.35. The predicted octanol–water partition coefficient (Wildman–Crippen LogP) is 2.07. The summed E-state index contributed by atoms with van der Waals surface area (Å²) < 4.78 is 11.1. The number of hydrogen-bond donors (Lipinski definition) is 1. The van der Waals surface area contributed by atoms with Gasteiger partial charge >= 0.3 is 0 Å². The molecule has 2 nitrogen and oxygen atoms in total. The van der Waals surface area contributed by atoms with Crippen molar-refractivity contribution in [3.05, 3.63) is 0 Å². The molecule has 0 amide bonds. The first kappa shape index (κ1) is 13.3. The van der Waals surface area contributed by atoms with Crippen LogP contribution in [-0.4, -0.2) is 16.7 Å². The maximum Gasteiger partial charge on any atom is 0.203 e. The van der Waals surface area contributed by atoms with Gasteiger partial charge in [-0.25, -0.2) is 0 Å². The minimum atomic E-state index is -2.76. The maximum atomic E-state index is 11.1. The van der Waals surface area contributed by atoms with Crippen LogP contribution < -0.4 is 0 Å². The molecule has 0 aliphatic rings. The van der Waals surface area contributed by atoms with Gasteiger partial charge in [0.1, 0.15) is 0 Å². The Morgan fingerprint density at radius 3 is 2.00 bits per heavy atom. The predicted molar refractivity (Wildman–Crippen MR) is 40.1 cm³/mol. The van der Waals surface area contributed by atoms with E-state index in [1.165, 1.54) is 0 Å². The van der Waals surface area contributed by atoms with E-state index < -0.39 is 7.37 Å². The topological polar surface area (TPSA) is 37.3 Å². The quantitative estimate of drug-likeness (QED) is 0.566. The molecule has 0 aromatic carbocycles. The Morgan fingerprint density at radius 2 is 1.90 bits per heavy atom. The van der Waals surface area contributed by atoms with Gasteiger partial charge in [-0.05, 0) is 6.42 Å². The third-order valence-electron chi connectivity index (χ3n) is 1.73. The van der Waals surface area contributed by atoms with Crippen LogP contribution in [0.4, 0.5) is 0 Å². The second kappa shape index (κ2) is 5.37. The maximum absolute atomic E-state index is 11.1. The zero-order chi connectivity index (χ0) is 7.49. The van der Waals surface area contributed by atoms with Gasteiger partial charge in [0.2, 0.25) is 7.37 Å². The summed E-state index contributed by atoms with van der Waals surface area (Å²) in [5.41, 5.74) is -0.0255. The van der Waals surface area contributed by atoms with E-state index in [0.29, 0.717) is 6.16 Å². The summed E-state index contributed by atoms with van der Waals surface area (Å²) in [7, 11) is -2.76. The van der Waals surface area contributed by atoms with Crippen LogP contribution in [0.15, 0.2) is 0 Å². The number of hydrogen-bond acceptors (Lipinski definition) is 1. The second-order valence-electron chi connectivity index (χ2n) is 2.33. The molecule has 1 N–H and O–H groups in total. The van der Waals surface area contributed by atoms with Crippen molar-refractivity contribution in [1.29, 1.82) is 0 Å². The average molecular weight is 206 g/mol. The molecule has 0 radical (unpaired) electrons. The van der Waals surface area contributed by atoms with E-state index in [4.69, 9.17) is 4.89 Å². The standard InChI is InChI=1S/C6H15O2P.Fe/c1-4-6(3)9(7,8)5-2;/h6H,4-5H2,1-3H3,(H,7,8);. The molecule has 0 aromatic heterocycles. The van der Waals surface area contributed by atoms with Crippen LogP contribution in [0, 0.1) is 0 Å². The fourth-order valence-electron chi connectivity index (χ4n) is 0.597. The summed E-state index contributed by atoms with van der Waals surface area (Å²) >= 11 is 0. The molecule has 0 bridgehead atoms. The molecule has 0 heterocycles. The van der Waals surface area contributed by atoms with Crippen molar-refractivity contribution >= 4 is 7.37 Å². The molecule has 64 valence electrons. The fraction of sp³-hybridized carbons (Fsp3) is 1.00. The summed E-state index contributed by atoms with van der Waals surface area (Å²) in [4.78, 5) is 9.15. The molecule has 0 aromatic rings. The van der Waals surface area contributed by atoms with Crippen LogP contribution in [0.3, 0.4) is 0 Å². The van der Waals surface area contributed by atoms with Gasteiger partial charge in [0.25, 0.3) is 0 Å². The molecule has 0 aliphatic heterocycles. The summed E-state index contributed by atoms with van der Waals surface area (Å²) in [6.45, 7) is 5.51. The Labute approximate surface area is 73.3 Å². The van der Waals surface area contributed by atoms with Crippen LogP contribution in [0.5, 0.6) is 0 Å². The largest absolute Gasteiger partial charge is 0.344 e. The third-order valence-corrected chi connectivity index (χ3v) is 4.38. The van der Waals surface area contributed by atoms with E-state index in [9.17, 15) is 4.57 Å². The Bertz CT molecular complexity index is 127. The molecule has 0 rings (SSSR count). The third kappa shape index (κ3) is 3.78.